The zero-order valence-electron chi connectivity index (χ0n) is 7.04. The van der Waals surface area contributed by atoms with Crippen molar-refractivity contribution in [2.45, 2.75) is 12.5 Å². The predicted octanol–water partition coefficient (Wildman–Crippen LogP) is 0.611. The third-order valence-corrected chi connectivity index (χ3v) is 2.52. The van der Waals surface area contributed by atoms with Gasteiger partial charge in [-0.3, -0.25) is 14.9 Å². The standard InChI is InChI=1S/C7H8N2O4S/c8-5(7(10)11)1-4-2-6(9(12)13)14-3-4/h2-3,5H,1,8H2,(H,10,11). The minimum absolute atomic E-state index is 0.00223. The van der Waals surface area contributed by atoms with Crippen LogP contribution in [-0.4, -0.2) is 22.0 Å². The highest BCUT2D eigenvalue weighted by atomic mass is 32.1. The average Bonchev–Trinajstić information content (AvgIpc) is 2.52. The van der Waals surface area contributed by atoms with Gasteiger partial charge in [0.15, 0.2) is 0 Å². The van der Waals surface area contributed by atoms with Gasteiger partial charge in [0.05, 0.1) is 4.92 Å². The molecule has 0 saturated heterocycles. The van der Waals surface area contributed by atoms with E-state index in [9.17, 15) is 14.9 Å². The molecule has 0 aromatic carbocycles. The summed E-state index contributed by atoms with van der Waals surface area (Å²) in [5, 5.41) is 20.3. The summed E-state index contributed by atoms with van der Waals surface area (Å²) >= 11 is 0.964. The second kappa shape index (κ2) is 4.16. The van der Waals surface area contributed by atoms with E-state index in [2.05, 4.69) is 0 Å². The molecule has 1 rings (SSSR count). The quantitative estimate of drug-likeness (QED) is 0.566. The Kier molecular flexibility index (Phi) is 3.15. The Morgan fingerprint density at radius 2 is 2.43 bits per heavy atom. The van der Waals surface area contributed by atoms with Crippen LogP contribution in [0.1, 0.15) is 5.56 Å². The van der Waals surface area contributed by atoms with E-state index in [1.165, 1.54) is 6.07 Å². The van der Waals surface area contributed by atoms with Gasteiger partial charge in [-0.25, -0.2) is 0 Å². The van der Waals surface area contributed by atoms with E-state index in [-0.39, 0.29) is 11.4 Å². The molecule has 0 radical (unpaired) electrons. The third kappa shape index (κ3) is 2.51. The maximum atomic E-state index is 10.4. The van der Waals surface area contributed by atoms with Gasteiger partial charge < -0.3 is 10.8 Å². The Morgan fingerprint density at radius 1 is 1.79 bits per heavy atom. The predicted molar refractivity (Wildman–Crippen MR) is 50.3 cm³/mol. The summed E-state index contributed by atoms with van der Waals surface area (Å²) in [6, 6.07) is 0.331. The summed E-state index contributed by atoms with van der Waals surface area (Å²) < 4.78 is 0. The molecule has 1 aromatic rings. The molecule has 14 heavy (non-hydrogen) atoms. The molecule has 0 aliphatic heterocycles. The van der Waals surface area contributed by atoms with Gasteiger partial charge in [0.1, 0.15) is 6.04 Å². The first kappa shape index (κ1) is 10.6. The lowest BCUT2D eigenvalue weighted by Crippen LogP contribution is -2.32. The molecule has 0 bridgehead atoms. The molecule has 1 atom stereocenters. The first-order valence-corrected chi connectivity index (χ1v) is 4.59. The van der Waals surface area contributed by atoms with Crippen molar-refractivity contribution in [2.24, 2.45) is 5.73 Å². The molecule has 0 amide bonds. The zero-order valence-corrected chi connectivity index (χ0v) is 7.86. The number of carboxylic acids is 1. The van der Waals surface area contributed by atoms with Crippen molar-refractivity contribution >= 4 is 22.3 Å². The highest BCUT2D eigenvalue weighted by Gasteiger charge is 2.15. The zero-order chi connectivity index (χ0) is 10.7. The Labute approximate surface area is 83.1 Å². The second-order valence-corrected chi connectivity index (χ2v) is 3.59. The van der Waals surface area contributed by atoms with E-state index in [4.69, 9.17) is 10.8 Å². The summed E-state index contributed by atoms with van der Waals surface area (Å²) in [4.78, 5) is 20.2. The fourth-order valence-corrected chi connectivity index (χ4v) is 1.65. The number of thiophene rings is 1. The van der Waals surface area contributed by atoms with Crippen LogP contribution in [0.3, 0.4) is 0 Å². The minimum atomic E-state index is -1.11. The maximum absolute atomic E-state index is 10.4. The average molecular weight is 216 g/mol. The van der Waals surface area contributed by atoms with Crippen LogP contribution < -0.4 is 5.73 Å². The SMILES string of the molecule is NC(Cc1csc([N+](=O)[O-])c1)C(=O)O. The monoisotopic (exact) mass is 216 g/mol. The van der Waals surface area contributed by atoms with Gasteiger partial charge in [-0.1, -0.05) is 11.3 Å². The van der Waals surface area contributed by atoms with Gasteiger partial charge in [0.25, 0.3) is 0 Å². The second-order valence-electron chi connectivity index (χ2n) is 2.70. The van der Waals surface area contributed by atoms with Crippen LogP contribution in [0, 0.1) is 10.1 Å². The van der Waals surface area contributed by atoms with Gasteiger partial charge in [0, 0.05) is 11.4 Å². The van der Waals surface area contributed by atoms with Gasteiger partial charge in [0.2, 0.25) is 0 Å². The van der Waals surface area contributed by atoms with Gasteiger partial charge in [-0.15, -0.1) is 0 Å². The van der Waals surface area contributed by atoms with Crippen LogP contribution in [0.25, 0.3) is 0 Å². The molecule has 76 valence electrons. The lowest BCUT2D eigenvalue weighted by atomic mass is 10.1. The number of rotatable bonds is 4. The normalized spacial score (nSPS) is 12.4. The number of hydrogen-bond donors (Lipinski definition) is 2. The van der Waals surface area contributed by atoms with Crippen molar-refractivity contribution < 1.29 is 14.8 Å². The van der Waals surface area contributed by atoms with Crippen LogP contribution >= 0.6 is 11.3 Å². The first-order valence-electron chi connectivity index (χ1n) is 3.71. The van der Waals surface area contributed by atoms with Crippen molar-refractivity contribution in [3.05, 3.63) is 27.1 Å². The number of nitro groups is 1. The molecule has 0 aliphatic rings. The van der Waals surface area contributed by atoms with E-state index in [1.807, 2.05) is 0 Å². The highest BCUT2D eigenvalue weighted by molar-refractivity contribution is 7.13. The molecule has 0 saturated carbocycles. The molecule has 3 N–H and O–H groups in total. The Bertz CT molecular complexity index is 362. The van der Waals surface area contributed by atoms with E-state index in [0.717, 1.165) is 11.3 Å². The minimum Gasteiger partial charge on any atom is -0.480 e. The van der Waals surface area contributed by atoms with E-state index in [0.29, 0.717) is 5.56 Å². The largest absolute Gasteiger partial charge is 0.480 e. The summed E-state index contributed by atoms with van der Waals surface area (Å²) in [5.74, 6) is -1.11. The maximum Gasteiger partial charge on any atom is 0.324 e. The molecular formula is C7H8N2O4S. The molecule has 1 unspecified atom stereocenters. The lowest BCUT2D eigenvalue weighted by Gasteiger charge is -2.02. The van der Waals surface area contributed by atoms with Crippen LogP contribution in [0.2, 0.25) is 0 Å². The summed E-state index contributed by atoms with van der Waals surface area (Å²) in [7, 11) is 0. The Morgan fingerprint density at radius 3 is 2.86 bits per heavy atom. The molecule has 6 nitrogen and oxygen atoms in total. The Balaban J connectivity index is 2.69. The molecule has 0 aliphatic carbocycles. The van der Waals surface area contributed by atoms with Gasteiger partial charge in [-0.2, -0.15) is 0 Å². The van der Waals surface area contributed by atoms with Crippen molar-refractivity contribution in [3.63, 3.8) is 0 Å². The highest BCUT2D eigenvalue weighted by Crippen LogP contribution is 2.23. The summed E-state index contributed by atoms with van der Waals surface area (Å²) in [6.45, 7) is 0. The van der Waals surface area contributed by atoms with Crippen LogP contribution in [-0.2, 0) is 11.2 Å². The molecule has 7 heteroatoms. The van der Waals surface area contributed by atoms with Crippen molar-refractivity contribution in [1.29, 1.82) is 0 Å². The van der Waals surface area contributed by atoms with Gasteiger partial charge >= 0.3 is 11.0 Å². The van der Waals surface area contributed by atoms with E-state index < -0.39 is 16.9 Å². The van der Waals surface area contributed by atoms with Crippen molar-refractivity contribution in [2.75, 3.05) is 0 Å². The number of hydrogen-bond acceptors (Lipinski definition) is 5. The van der Waals surface area contributed by atoms with Crippen LogP contribution in [0.5, 0.6) is 0 Å². The molecule has 1 aromatic heterocycles. The third-order valence-electron chi connectivity index (χ3n) is 1.59. The van der Waals surface area contributed by atoms with Crippen molar-refractivity contribution in [3.8, 4) is 0 Å². The Hall–Kier alpha value is -1.47. The topological polar surface area (TPSA) is 106 Å². The number of carbonyl (C=O) groups is 1. The number of nitrogens with two attached hydrogens (primary N) is 1. The fourth-order valence-electron chi connectivity index (χ4n) is 0.907. The number of aliphatic carboxylic acids is 1. The number of nitrogens with zero attached hydrogens (tertiary/aromatic N) is 1. The van der Waals surface area contributed by atoms with Crippen LogP contribution in [0.15, 0.2) is 11.4 Å². The summed E-state index contributed by atoms with van der Waals surface area (Å²) in [6.07, 6.45) is 0.111. The summed E-state index contributed by atoms with van der Waals surface area (Å²) in [5.41, 5.74) is 5.85. The van der Waals surface area contributed by atoms with Crippen LogP contribution in [0.4, 0.5) is 5.00 Å². The molecule has 0 fully saturated rings. The van der Waals surface area contributed by atoms with E-state index >= 15 is 0 Å². The number of carboxylic acid groups (broad SMARTS) is 1. The smallest absolute Gasteiger partial charge is 0.324 e. The lowest BCUT2D eigenvalue weighted by molar-refractivity contribution is -0.380. The van der Waals surface area contributed by atoms with Gasteiger partial charge in [-0.05, 0) is 12.0 Å². The van der Waals surface area contributed by atoms with Crippen molar-refractivity contribution in [1.82, 2.24) is 0 Å². The molecular weight excluding hydrogens is 208 g/mol. The molecule has 0 spiro atoms. The molecule has 1 heterocycles. The fraction of sp³-hybridized carbons (Fsp3) is 0.286. The van der Waals surface area contributed by atoms with E-state index in [1.54, 1.807) is 5.38 Å². The first-order chi connectivity index (χ1) is 6.50.